The third-order valence-corrected chi connectivity index (χ3v) is 5.87. The van der Waals surface area contributed by atoms with Crippen LogP contribution in [0.4, 0.5) is 5.69 Å². The Morgan fingerprint density at radius 3 is 2.64 bits per heavy atom. The van der Waals surface area contributed by atoms with Crippen molar-refractivity contribution in [3.8, 4) is 0 Å². The fraction of sp³-hybridized carbons (Fsp3) is 0.500. The Labute approximate surface area is 148 Å². The summed E-state index contributed by atoms with van der Waals surface area (Å²) in [5.41, 5.74) is 8.30. The molecule has 2 bridgehead atoms. The average Bonchev–Trinajstić information content (AvgIpc) is 3.02. The minimum Gasteiger partial charge on any atom is -0.327 e. The van der Waals surface area contributed by atoms with Crippen LogP contribution in [0.1, 0.15) is 37.7 Å². The maximum Gasteiger partial charge on any atom is 0.227 e. The highest BCUT2D eigenvalue weighted by atomic mass is 16.1. The van der Waals surface area contributed by atoms with Crippen LogP contribution in [0.5, 0.6) is 0 Å². The first-order valence-corrected chi connectivity index (χ1v) is 9.32. The third-order valence-electron chi connectivity index (χ3n) is 5.87. The van der Waals surface area contributed by atoms with Crippen LogP contribution in [-0.2, 0) is 11.3 Å². The minimum atomic E-state index is 0.0903. The summed E-state index contributed by atoms with van der Waals surface area (Å²) in [7, 11) is 0. The Bertz CT molecular complexity index is 712. The lowest BCUT2D eigenvalue weighted by Gasteiger charge is -2.43. The zero-order chi connectivity index (χ0) is 17.2. The molecule has 2 aliphatic carbocycles. The molecule has 1 heterocycles. The van der Waals surface area contributed by atoms with E-state index in [0.717, 1.165) is 18.5 Å². The molecule has 25 heavy (non-hydrogen) atoms. The normalized spacial score (nSPS) is 28.5. The Morgan fingerprint density at radius 2 is 1.92 bits per heavy atom. The summed E-state index contributed by atoms with van der Waals surface area (Å²) >= 11 is 0. The molecule has 3 N–H and O–H groups in total. The van der Waals surface area contributed by atoms with Gasteiger partial charge in [-0.1, -0.05) is 36.8 Å². The van der Waals surface area contributed by atoms with Crippen molar-refractivity contribution in [1.82, 2.24) is 9.78 Å². The highest BCUT2D eigenvalue weighted by Gasteiger charge is 2.40. The number of carbonyl (C=O) groups is 1. The van der Waals surface area contributed by atoms with Gasteiger partial charge in [0, 0.05) is 18.2 Å². The van der Waals surface area contributed by atoms with Gasteiger partial charge in [-0.05, 0) is 43.1 Å². The standard InChI is InChI=1S/C20H26N4O/c21-19-15-7-4-8-16(19)10-17(9-15)20(25)23-18-11-22-24(13-18)12-14-5-2-1-3-6-14/h1-3,5-6,11,13,15-17,19H,4,7-10,12,21H2,(H,23,25). The average molecular weight is 338 g/mol. The maximum absolute atomic E-state index is 12.7. The summed E-state index contributed by atoms with van der Waals surface area (Å²) in [4.78, 5) is 12.7. The van der Waals surface area contributed by atoms with Crippen molar-refractivity contribution in [2.75, 3.05) is 5.32 Å². The molecular formula is C20H26N4O. The van der Waals surface area contributed by atoms with E-state index in [0.29, 0.717) is 24.4 Å². The van der Waals surface area contributed by atoms with Crippen LogP contribution in [0.2, 0.25) is 0 Å². The number of nitrogens with one attached hydrogen (secondary N) is 1. The van der Waals surface area contributed by atoms with Gasteiger partial charge in [-0.2, -0.15) is 5.10 Å². The Balaban J connectivity index is 1.37. The lowest BCUT2D eigenvalue weighted by molar-refractivity contribution is -0.122. The molecule has 2 atom stereocenters. The van der Waals surface area contributed by atoms with Gasteiger partial charge in [-0.15, -0.1) is 0 Å². The minimum absolute atomic E-state index is 0.0903. The molecule has 0 spiro atoms. The second kappa shape index (κ2) is 7.00. The molecule has 0 aliphatic heterocycles. The molecule has 1 aromatic heterocycles. The lowest BCUT2D eigenvalue weighted by Crippen LogP contribution is -2.48. The molecule has 0 radical (unpaired) electrons. The Morgan fingerprint density at radius 1 is 1.20 bits per heavy atom. The first-order valence-electron chi connectivity index (χ1n) is 9.32. The quantitative estimate of drug-likeness (QED) is 0.900. The van der Waals surface area contributed by atoms with Gasteiger partial charge in [-0.3, -0.25) is 9.48 Å². The molecular weight excluding hydrogens is 312 g/mol. The van der Waals surface area contributed by atoms with Crippen LogP contribution < -0.4 is 11.1 Å². The fourth-order valence-electron chi connectivity index (χ4n) is 4.53. The second-order valence-electron chi connectivity index (χ2n) is 7.60. The number of benzene rings is 1. The number of hydrogen-bond acceptors (Lipinski definition) is 3. The zero-order valence-electron chi connectivity index (χ0n) is 14.5. The number of aromatic nitrogens is 2. The highest BCUT2D eigenvalue weighted by Crippen LogP contribution is 2.42. The summed E-state index contributed by atoms with van der Waals surface area (Å²) in [6.07, 6.45) is 9.12. The van der Waals surface area contributed by atoms with Crippen molar-refractivity contribution < 1.29 is 4.79 Å². The number of anilines is 1. The van der Waals surface area contributed by atoms with E-state index >= 15 is 0 Å². The predicted molar refractivity (Wildman–Crippen MR) is 97.9 cm³/mol. The van der Waals surface area contributed by atoms with Gasteiger partial charge in [0.2, 0.25) is 5.91 Å². The second-order valence-corrected chi connectivity index (χ2v) is 7.60. The largest absolute Gasteiger partial charge is 0.327 e. The third kappa shape index (κ3) is 3.61. The van der Waals surface area contributed by atoms with Gasteiger partial charge >= 0.3 is 0 Å². The first-order chi connectivity index (χ1) is 12.2. The van der Waals surface area contributed by atoms with E-state index in [-0.39, 0.29) is 11.8 Å². The number of nitrogens with zero attached hydrogens (tertiary/aromatic N) is 2. The number of hydrogen-bond donors (Lipinski definition) is 2. The van der Waals surface area contributed by atoms with Gasteiger partial charge in [0.25, 0.3) is 0 Å². The predicted octanol–water partition coefficient (Wildman–Crippen LogP) is 3.02. The van der Waals surface area contributed by atoms with E-state index in [1.807, 2.05) is 29.1 Å². The summed E-state index contributed by atoms with van der Waals surface area (Å²) in [5, 5.41) is 7.42. The monoisotopic (exact) mass is 338 g/mol. The Hall–Kier alpha value is -2.14. The van der Waals surface area contributed by atoms with Crippen molar-refractivity contribution in [1.29, 1.82) is 0 Å². The SMILES string of the molecule is NC1C2CCCC1CC(C(=O)Nc1cnn(Cc3ccccc3)c1)C2. The molecule has 5 nitrogen and oxygen atoms in total. The zero-order valence-corrected chi connectivity index (χ0v) is 14.5. The summed E-state index contributed by atoms with van der Waals surface area (Å²) < 4.78 is 1.86. The molecule has 2 fully saturated rings. The molecule has 2 aromatic rings. The van der Waals surface area contributed by atoms with Crippen LogP contribution in [0.25, 0.3) is 0 Å². The van der Waals surface area contributed by atoms with Gasteiger partial charge in [-0.25, -0.2) is 0 Å². The molecule has 1 amide bonds. The van der Waals surface area contributed by atoms with Crippen LogP contribution in [-0.4, -0.2) is 21.7 Å². The molecule has 132 valence electrons. The molecule has 2 unspecified atom stereocenters. The maximum atomic E-state index is 12.7. The molecule has 2 aliphatic rings. The molecule has 0 saturated heterocycles. The summed E-state index contributed by atoms with van der Waals surface area (Å²) in [5.74, 6) is 1.25. The topological polar surface area (TPSA) is 72.9 Å². The number of rotatable bonds is 4. The van der Waals surface area contributed by atoms with Gasteiger partial charge < -0.3 is 11.1 Å². The van der Waals surface area contributed by atoms with E-state index < -0.39 is 0 Å². The van der Waals surface area contributed by atoms with E-state index in [9.17, 15) is 4.79 Å². The van der Waals surface area contributed by atoms with E-state index in [1.165, 1.54) is 24.8 Å². The van der Waals surface area contributed by atoms with Gasteiger partial charge in [0.15, 0.2) is 0 Å². The van der Waals surface area contributed by atoms with Crippen molar-refractivity contribution in [3.63, 3.8) is 0 Å². The van der Waals surface area contributed by atoms with E-state index in [1.54, 1.807) is 6.20 Å². The van der Waals surface area contributed by atoms with E-state index in [4.69, 9.17) is 5.73 Å². The van der Waals surface area contributed by atoms with E-state index in [2.05, 4.69) is 22.5 Å². The number of fused-ring (bicyclic) bond motifs is 2. The Kier molecular flexibility index (Phi) is 4.57. The fourth-order valence-corrected chi connectivity index (χ4v) is 4.53. The van der Waals surface area contributed by atoms with Crippen molar-refractivity contribution in [2.45, 2.75) is 44.7 Å². The summed E-state index contributed by atoms with van der Waals surface area (Å²) in [6, 6.07) is 10.5. The lowest BCUT2D eigenvalue weighted by atomic mass is 9.65. The molecule has 2 saturated carbocycles. The number of nitrogens with two attached hydrogens (primary N) is 1. The van der Waals surface area contributed by atoms with Crippen molar-refractivity contribution in [3.05, 3.63) is 48.3 Å². The molecule has 5 heteroatoms. The molecule has 1 aromatic carbocycles. The van der Waals surface area contributed by atoms with Crippen LogP contribution >= 0.6 is 0 Å². The highest BCUT2D eigenvalue weighted by molar-refractivity contribution is 5.92. The van der Waals surface area contributed by atoms with Crippen LogP contribution in [0.3, 0.4) is 0 Å². The van der Waals surface area contributed by atoms with Crippen LogP contribution in [0.15, 0.2) is 42.7 Å². The molecule has 4 rings (SSSR count). The van der Waals surface area contributed by atoms with Crippen molar-refractivity contribution in [2.24, 2.45) is 23.5 Å². The van der Waals surface area contributed by atoms with Crippen LogP contribution in [0, 0.1) is 17.8 Å². The van der Waals surface area contributed by atoms with Crippen molar-refractivity contribution >= 4 is 11.6 Å². The first kappa shape index (κ1) is 16.3. The summed E-state index contributed by atoms with van der Waals surface area (Å²) in [6.45, 7) is 0.707. The van der Waals surface area contributed by atoms with Gasteiger partial charge in [0.1, 0.15) is 0 Å². The van der Waals surface area contributed by atoms with Gasteiger partial charge in [0.05, 0.1) is 18.4 Å². The smallest absolute Gasteiger partial charge is 0.227 e. The number of amides is 1. The number of carbonyl (C=O) groups excluding carboxylic acids is 1.